The number of hydrogen-bond donors (Lipinski definition) is 2. The molecule has 0 saturated carbocycles. The number of aromatic nitrogens is 2. The number of benzene rings is 1. The van der Waals surface area contributed by atoms with E-state index in [4.69, 9.17) is 5.26 Å². The van der Waals surface area contributed by atoms with Crippen molar-refractivity contribution in [1.29, 1.82) is 5.26 Å². The van der Waals surface area contributed by atoms with E-state index in [0.717, 1.165) is 17.4 Å². The summed E-state index contributed by atoms with van der Waals surface area (Å²) in [5.74, 6) is 1.19. The van der Waals surface area contributed by atoms with Crippen molar-refractivity contribution in [3.05, 3.63) is 46.7 Å². The van der Waals surface area contributed by atoms with Gasteiger partial charge in [0.1, 0.15) is 18.0 Å². The Labute approximate surface area is 119 Å². The number of rotatable bonds is 5. The van der Waals surface area contributed by atoms with E-state index in [1.807, 2.05) is 18.3 Å². The Bertz CT molecular complexity index is 576. The maximum Gasteiger partial charge on any atom is 0.182 e. The topological polar surface area (TPSA) is 73.6 Å². The zero-order chi connectivity index (χ0) is 13.5. The third kappa shape index (κ3) is 4.23. The van der Waals surface area contributed by atoms with Crippen LogP contribution < -0.4 is 10.6 Å². The van der Waals surface area contributed by atoms with Gasteiger partial charge in [-0.1, -0.05) is 28.1 Å². The molecule has 1 aromatic heterocycles. The summed E-state index contributed by atoms with van der Waals surface area (Å²) in [6, 6.07) is 9.90. The van der Waals surface area contributed by atoms with E-state index in [9.17, 15) is 0 Å². The first kappa shape index (κ1) is 13.3. The molecule has 0 fully saturated rings. The Morgan fingerprint density at radius 1 is 1.16 bits per heavy atom. The smallest absolute Gasteiger partial charge is 0.182 e. The summed E-state index contributed by atoms with van der Waals surface area (Å²) in [6.45, 7) is 0.768. The Kier molecular flexibility index (Phi) is 4.70. The number of hydrogen-bond acceptors (Lipinski definition) is 5. The van der Waals surface area contributed by atoms with Crippen molar-refractivity contribution in [1.82, 2.24) is 9.97 Å². The predicted octanol–water partition coefficient (Wildman–Crippen LogP) is 2.79. The standard InChI is InChI=1S/C13H12BrN5/c14-11-3-1-10(2-4-11)5-6-16-12-7-13(17-8-15)19-9-18-12/h1-4,7,9H,5-6H2,(H2,16,17,18,19). The number of nitrogens with one attached hydrogen (secondary N) is 2. The van der Waals surface area contributed by atoms with Crippen LogP contribution in [0.5, 0.6) is 0 Å². The summed E-state index contributed by atoms with van der Waals surface area (Å²) in [5.41, 5.74) is 1.25. The first-order chi connectivity index (χ1) is 9.28. The predicted molar refractivity (Wildman–Crippen MR) is 77.6 cm³/mol. The van der Waals surface area contributed by atoms with Gasteiger partial charge in [-0.05, 0) is 24.1 Å². The molecule has 1 heterocycles. The summed E-state index contributed by atoms with van der Waals surface area (Å²) in [7, 11) is 0. The van der Waals surface area contributed by atoms with Crippen LogP contribution in [0.1, 0.15) is 5.56 Å². The van der Waals surface area contributed by atoms with Crippen molar-refractivity contribution < 1.29 is 0 Å². The number of anilines is 2. The highest BCUT2D eigenvalue weighted by Gasteiger charge is 1.98. The minimum Gasteiger partial charge on any atom is -0.370 e. The highest BCUT2D eigenvalue weighted by Crippen LogP contribution is 2.12. The second-order valence-corrected chi connectivity index (χ2v) is 4.74. The van der Waals surface area contributed by atoms with Crippen LogP contribution in [0, 0.1) is 11.5 Å². The van der Waals surface area contributed by atoms with Gasteiger partial charge >= 0.3 is 0 Å². The average Bonchev–Trinajstić information content (AvgIpc) is 2.42. The third-order valence-corrected chi connectivity index (χ3v) is 3.01. The largest absolute Gasteiger partial charge is 0.370 e. The van der Waals surface area contributed by atoms with E-state index >= 15 is 0 Å². The van der Waals surface area contributed by atoms with Gasteiger partial charge in [0.05, 0.1) is 0 Å². The van der Waals surface area contributed by atoms with Crippen molar-refractivity contribution in [3.8, 4) is 6.19 Å². The molecule has 19 heavy (non-hydrogen) atoms. The molecule has 0 aliphatic rings. The minimum absolute atomic E-state index is 0.489. The SMILES string of the molecule is N#CNc1cc(NCCc2ccc(Br)cc2)ncn1. The molecule has 0 radical (unpaired) electrons. The quantitative estimate of drug-likeness (QED) is 0.655. The lowest BCUT2D eigenvalue weighted by Crippen LogP contribution is -2.07. The van der Waals surface area contributed by atoms with Crippen LogP contribution in [0.4, 0.5) is 11.6 Å². The van der Waals surface area contributed by atoms with Gasteiger partial charge in [0.15, 0.2) is 6.19 Å². The first-order valence-corrected chi connectivity index (χ1v) is 6.53. The molecule has 2 N–H and O–H groups in total. The lowest BCUT2D eigenvalue weighted by Gasteiger charge is -2.06. The van der Waals surface area contributed by atoms with Crippen LogP contribution in [0.2, 0.25) is 0 Å². The zero-order valence-corrected chi connectivity index (χ0v) is 11.7. The molecule has 0 aliphatic carbocycles. The first-order valence-electron chi connectivity index (χ1n) is 5.73. The van der Waals surface area contributed by atoms with E-state index < -0.39 is 0 Å². The summed E-state index contributed by atoms with van der Waals surface area (Å²) >= 11 is 3.41. The lowest BCUT2D eigenvalue weighted by atomic mass is 10.1. The molecule has 2 rings (SSSR count). The normalized spacial score (nSPS) is 9.68. The van der Waals surface area contributed by atoms with Crippen LogP contribution in [0.15, 0.2) is 41.1 Å². The summed E-state index contributed by atoms with van der Waals surface area (Å²) in [6.07, 6.45) is 4.15. The highest BCUT2D eigenvalue weighted by molar-refractivity contribution is 9.10. The van der Waals surface area contributed by atoms with Gasteiger partial charge in [-0.2, -0.15) is 5.26 Å². The van der Waals surface area contributed by atoms with E-state index in [-0.39, 0.29) is 0 Å². The summed E-state index contributed by atoms with van der Waals surface area (Å²) in [5, 5.41) is 14.2. The van der Waals surface area contributed by atoms with Crippen LogP contribution in [0.3, 0.4) is 0 Å². The van der Waals surface area contributed by atoms with Crippen LogP contribution in [-0.4, -0.2) is 16.5 Å². The number of halogens is 1. The van der Waals surface area contributed by atoms with E-state index in [2.05, 4.69) is 48.7 Å². The Morgan fingerprint density at radius 3 is 2.63 bits per heavy atom. The monoisotopic (exact) mass is 317 g/mol. The van der Waals surface area contributed by atoms with Gasteiger partial charge in [-0.15, -0.1) is 0 Å². The van der Waals surface area contributed by atoms with Crippen molar-refractivity contribution in [2.75, 3.05) is 17.2 Å². The molecule has 0 spiro atoms. The lowest BCUT2D eigenvalue weighted by molar-refractivity contribution is 0.999. The molecular formula is C13H12BrN5. The number of nitrogens with zero attached hydrogens (tertiary/aromatic N) is 3. The fourth-order valence-electron chi connectivity index (χ4n) is 1.57. The molecule has 2 aromatic rings. The molecule has 0 atom stereocenters. The molecule has 0 aliphatic heterocycles. The van der Waals surface area contributed by atoms with Gasteiger partial charge in [-0.25, -0.2) is 9.97 Å². The van der Waals surface area contributed by atoms with Crippen molar-refractivity contribution in [3.63, 3.8) is 0 Å². The van der Waals surface area contributed by atoms with Gasteiger partial charge in [0, 0.05) is 17.1 Å². The Morgan fingerprint density at radius 2 is 1.89 bits per heavy atom. The van der Waals surface area contributed by atoms with Gasteiger partial charge in [0.25, 0.3) is 0 Å². The molecule has 0 unspecified atom stereocenters. The fourth-order valence-corrected chi connectivity index (χ4v) is 1.83. The molecule has 6 heteroatoms. The Hall–Kier alpha value is -2.13. The second kappa shape index (κ2) is 6.71. The van der Waals surface area contributed by atoms with Crippen LogP contribution in [0.25, 0.3) is 0 Å². The fraction of sp³-hybridized carbons (Fsp3) is 0.154. The summed E-state index contributed by atoms with van der Waals surface area (Å²) in [4.78, 5) is 8.00. The summed E-state index contributed by atoms with van der Waals surface area (Å²) < 4.78 is 1.08. The third-order valence-electron chi connectivity index (χ3n) is 2.48. The molecule has 5 nitrogen and oxygen atoms in total. The molecular weight excluding hydrogens is 306 g/mol. The number of nitriles is 1. The Balaban J connectivity index is 1.87. The second-order valence-electron chi connectivity index (χ2n) is 3.83. The van der Waals surface area contributed by atoms with Crippen LogP contribution in [-0.2, 0) is 6.42 Å². The molecule has 1 aromatic carbocycles. The van der Waals surface area contributed by atoms with Gasteiger partial charge in [-0.3, -0.25) is 5.32 Å². The minimum atomic E-state index is 0.489. The molecule has 0 amide bonds. The molecule has 96 valence electrons. The molecule has 0 saturated heterocycles. The van der Waals surface area contributed by atoms with E-state index in [1.165, 1.54) is 11.9 Å². The van der Waals surface area contributed by atoms with Gasteiger partial charge in [0.2, 0.25) is 0 Å². The van der Waals surface area contributed by atoms with Crippen molar-refractivity contribution in [2.45, 2.75) is 6.42 Å². The van der Waals surface area contributed by atoms with Crippen molar-refractivity contribution >= 4 is 27.6 Å². The van der Waals surface area contributed by atoms with Crippen LogP contribution >= 0.6 is 15.9 Å². The van der Waals surface area contributed by atoms with Gasteiger partial charge < -0.3 is 5.32 Å². The van der Waals surface area contributed by atoms with E-state index in [1.54, 1.807) is 6.07 Å². The zero-order valence-electron chi connectivity index (χ0n) is 10.1. The maximum absolute atomic E-state index is 8.51. The van der Waals surface area contributed by atoms with E-state index in [0.29, 0.717) is 11.6 Å². The highest BCUT2D eigenvalue weighted by atomic mass is 79.9. The maximum atomic E-state index is 8.51. The van der Waals surface area contributed by atoms with Crippen molar-refractivity contribution in [2.24, 2.45) is 0 Å². The average molecular weight is 318 g/mol. The molecule has 0 bridgehead atoms.